The molecule has 1 heterocycles. The van der Waals surface area contributed by atoms with Gasteiger partial charge in [-0.25, -0.2) is 4.79 Å². The standard InChI is InChI=1S/C18H18N2O5/c1-19-16(13-8-4-3-5-9-13)12-18(25-19,17(21)24-2)14-10-6-7-11-15(14)20(22)23/h3-11,16H,12H2,1-2H3/t16-,18-/m1/s1. The van der Waals surface area contributed by atoms with Crippen molar-refractivity contribution in [1.82, 2.24) is 5.06 Å². The average Bonchev–Trinajstić information content (AvgIpc) is 3.00. The van der Waals surface area contributed by atoms with Crippen LogP contribution in [0.15, 0.2) is 54.6 Å². The molecule has 2 aromatic carbocycles. The minimum absolute atomic E-state index is 0.171. The molecule has 0 aliphatic carbocycles. The first kappa shape index (κ1) is 17.1. The Morgan fingerprint density at radius 1 is 1.24 bits per heavy atom. The third-order valence-corrected chi connectivity index (χ3v) is 4.45. The molecule has 0 saturated carbocycles. The molecule has 1 aliphatic rings. The number of rotatable bonds is 4. The molecule has 7 heteroatoms. The molecule has 1 aliphatic heterocycles. The molecule has 0 radical (unpaired) electrons. The normalized spacial score (nSPS) is 23.4. The van der Waals surface area contributed by atoms with E-state index in [2.05, 4.69) is 0 Å². The lowest BCUT2D eigenvalue weighted by Crippen LogP contribution is -2.38. The van der Waals surface area contributed by atoms with Crippen LogP contribution >= 0.6 is 0 Å². The number of hydrogen-bond acceptors (Lipinski definition) is 6. The minimum atomic E-state index is -1.56. The monoisotopic (exact) mass is 342 g/mol. The van der Waals surface area contributed by atoms with E-state index in [0.717, 1.165) is 5.56 Å². The second-order valence-corrected chi connectivity index (χ2v) is 5.86. The first-order chi connectivity index (χ1) is 12.0. The van der Waals surface area contributed by atoms with E-state index in [1.807, 2.05) is 30.3 Å². The quantitative estimate of drug-likeness (QED) is 0.483. The van der Waals surface area contributed by atoms with Gasteiger partial charge in [-0.05, 0) is 11.6 Å². The van der Waals surface area contributed by atoms with E-state index >= 15 is 0 Å². The van der Waals surface area contributed by atoms with E-state index in [-0.39, 0.29) is 23.7 Å². The summed E-state index contributed by atoms with van der Waals surface area (Å²) in [6.07, 6.45) is 0.213. The largest absolute Gasteiger partial charge is 0.467 e. The maximum absolute atomic E-state index is 12.6. The summed E-state index contributed by atoms with van der Waals surface area (Å²) in [4.78, 5) is 29.5. The molecule has 7 nitrogen and oxygen atoms in total. The van der Waals surface area contributed by atoms with Gasteiger partial charge in [0.25, 0.3) is 5.69 Å². The molecule has 2 aromatic rings. The lowest BCUT2D eigenvalue weighted by atomic mass is 9.85. The first-order valence-electron chi connectivity index (χ1n) is 7.79. The summed E-state index contributed by atoms with van der Waals surface area (Å²) in [6.45, 7) is 0. The van der Waals surface area contributed by atoms with E-state index in [4.69, 9.17) is 9.57 Å². The van der Waals surface area contributed by atoms with Crippen molar-refractivity contribution in [1.29, 1.82) is 0 Å². The van der Waals surface area contributed by atoms with Crippen molar-refractivity contribution in [3.8, 4) is 0 Å². The van der Waals surface area contributed by atoms with Crippen molar-refractivity contribution in [3.63, 3.8) is 0 Å². The summed E-state index contributed by atoms with van der Waals surface area (Å²) in [5.74, 6) is -0.660. The molecule has 0 spiro atoms. The van der Waals surface area contributed by atoms with Crippen molar-refractivity contribution in [3.05, 3.63) is 75.8 Å². The fourth-order valence-corrected chi connectivity index (χ4v) is 3.28. The van der Waals surface area contributed by atoms with Crippen molar-refractivity contribution < 1.29 is 19.3 Å². The number of nitro groups is 1. The molecular formula is C18H18N2O5. The summed E-state index contributed by atoms with van der Waals surface area (Å²) >= 11 is 0. The van der Waals surface area contributed by atoms with Crippen LogP contribution < -0.4 is 0 Å². The van der Waals surface area contributed by atoms with E-state index in [1.54, 1.807) is 24.2 Å². The molecule has 0 N–H and O–H groups in total. The van der Waals surface area contributed by atoms with Crippen LogP contribution in [0.4, 0.5) is 5.69 Å². The Kier molecular flexibility index (Phi) is 4.52. The number of esters is 1. The summed E-state index contributed by atoms with van der Waals surface area (Å²) < 4.78 is 4.95. The molecule has 2 atom stereocenters. The molecular weight excluding hydrogens is 324 g/mol. The van der Waals surface area contributed by atoms with Crippen LogP contribution in [0.25, 0.3) is 0 Å². The number of benzene rings is 2. The molecule has 1 fully saturated rings. The lowest BCUT2D eigenvalue weighted by molar-refractivity contribution is -0.387. The Balaban J connectivity index is 2.11. The zero-order valence-electron chi connectivity index (χ0n) is 13.9. The number of carbonyl (C=O) groups excluding carboxylic acids is 1. The number of hydroxylamine groups is 2. The van der Waals surface area contributed by atoms with Gasteiger partial charge in [0.2, 0.25) is 5.60 Å². The predicted octanol–water partition coefficient (Wildman–Crippen LogP) is 2.97. The van der Waals surface area contributed by atoms with Gasteiger partial charge in [0.1, 0.15) is 0 Å². The molecule has 25 heavy (non-hydrogen) atoms. The molecule has 1 saturated heterocycles. The van der Waals surface area contributed by atoms with Crippen molar-refractivity contribution in [2.45, 2.75) is 18.1 Å². The summed E-state index contributed by atoms with van der Waals surface area (Å²) in [5, 5.41) is 13.0. The van der Waals surface area contributed by atoms with Crippen LogP contribution in [-0.4, -0.2) is 30.1 Å². The van der Waals surface area contributed by atoms with Gasteiger partial charge in [-0.1, -0.05) is 42.5 Å². The predicted molar refractivity (Wildman–Crippen MR) is 89.4 cm³/mol. The third kappa shape index (κ3) is 2.88. The number of methoxy groups -OCH3 is 1. The molecule has 3 rings (SSSR count). The highest BCUT2D eigenvalue weighted by molar-refractivity contribution is 5.83. The topological polar surface area (TPSA) is 81.9 Å². The Hall–Kier alpha value is -2.77. The number of nitrogens with zero attached hydrogens (tertiary/aromatic N) is 2. The van der Waals surface area contributed by atoms with Crippen LogP contribution in [0.1, 0.15) is 23.6 Å². The van der Waals surface area contributed by atoms with E-state index in [0.29, 0.717) is 0 Å². The van der Waals surface area contributed by atoms with Gasteiger partial charge in [-0.2, -0.15) is 5.06 Å². The summed E-state index contributed by atoms with van der Waals surface area (Å²) in [6, 6.07) is 15.4. The number of ether oxygens (including phenoxy) is 1. The van der Waals surface area contributed by atoms with Crippen molar-refractivity contribution in [2.75, 3.05) is 14.2 Å². The first-order valence-corrected chi connectivity index (χ1v) is 7.79. The van der Waals surface area contributed by atoms with Gasteiger partial charge in [0.15, 0.2) is 0 Å². The minimum Gasteiger partial charge on any atom is -0.467 e. The zero-order chi connectivity index (χ0) is 18.0. The zero-order valence-corrected chi connectivity index (χ0v) is 13.9. The van der Waals surface area contributed by atoms with Crippen LogP contribution in [0.5, 0.6) is 0 Å². The SMILES string of the molecule is COC(=O)[C@]1(c2ccccc2[N+](=O)[O-])C[C@H](c2ccccc2)N(C)O1. The number of para-hydroxylation sites is 1. The fourth-order valence-electron chi connectivity index (χ4n) is 3.28. The Morgan fingerprint density at radius 3 is 2.52 bits per heavy atom. The molecule has 0 aromatic heterocycles. The van der Waals surface area contributed by atoms with Crippen molar-refractivity contribution >= 4 is 11.7 Å². The Bertz CT molecular complexity index is 795. The van der Waals surface area contributed by atoms with Crippen LogP contribution in [0, 0.1) is 10.1 Å². The van der Waals surface area contributed by atoms with Crippen LogP contribution in [0.2, 0.25) is 0 Å². The van der Waals surface area contributed by atoms with Crippen LogP contribution in [-0.2, 0) is 20.0 Å². The van der Waals surface area contributed by atoms with Crippen LogP contribution in [0.3, 0.4) is 0 Å². The molecule has 0 amide bonds. The fraction of sp³-hybridized carbons (Fsp3) is 0.278. The maximum atomic E-state index is 12.6. The second kappa shape index (κ2) is 6.62. The number of carbonyl (C=O) groups is 1. The molecule has 130 valence electrons. The molecule has 0 bridgehead atoms. The van der Waals surface area contributed by atoms with Gasteiger partial charge in [0, 0.05) is 19.5 Å². The highest BCUT2D eigenvalue weighted by atomic mass is 16.7. The summed E-state index contributed by atoms with van der Waals surface area (Å²) in [7, 11) is 2.95. The lowest BCUT2D eigenvalue weighted by Gasteiger charge is -2.25. The Labute approximate surface area is 144 Å². The van der Waals surface area contributed by atoms with Gasteiger partial charge in [0.05, 0.1) is 23.6 Å². The van der Waals surface area contributed by atoms with Crippen molar-refractivity contribution in [2.24, 2.45) is 0 Å². The van der Waals surface area contributed by atoms with Gasteiger partial charge in [-0.15, -0.1) is 0 Å². The van der Waals surface area contributed by atoms with E-state index in [1.165, 1.54) is 19.2 Å². The number of hydrogen-bond donors (Lipinski definition) is 0. The molecule has 0 unspecified atom stereocenters. The highest BCUT2D eigenvalue weighted by Gasteiger charge is 2.55. The maximum Gasteiger partial charge on any atom is 0.345 e. The second-order valence-electron chi connectivity index (χ2n) is 5.86. The highest BCUT2D eigenvalue weighted by Crippen LogP contribution is 2.48. The summed E-state index contributed by atoms with van der Waals surface area (Å²) in [5.41, 5.74) is -0.588. The smallest absolute Gasteiger partial charge is 0.345 e. The van der Waals surface area contributed by atoms with Gasteiger partial charge < -0.3 is 4.74 Å². The number of nitro benzene ring substituents is 1. The third-order valence-electron chi connectivity index (χ3n) is 4.45. The Morgan fingerprint density at radius 2 is 1.88 bits per heavy atom. The van der Waals surface area contributed by atoms with E-state index < -0.39 is 16.5 Å². The van der Waals surface area contributed by atoms with Gasteiger partial charge in [-0.3, -0.25) is 15.0 Å². The average molecular weight is 342 g/mol. The van der Waals surface area contributed by atoms with E-state index in [9.17, 15) is 14.9 Å². The van der Waals surface area contributed by atoms with Gasteiger partial charge >= 0.3 is 5.97 Å².